The molecule has 0 unspecified atom stereocenters. The predicted molar refractivity (Wildman–Crippen MR) is 58.8 cm³/mol. The van der Waals surface area contributed by atoms with Crippen molar-refractivity contribution in [3.8, 4) is 5.69 Å². The molecule has 0 bridgehead atoms. The van der Waals surface area contributed by atoms with Gasteiger partial charge < -0.3 is 0 Å². The summed E-state index contributed by atoms with van der Waals surface area (Å²) in [5.74, 6) is 0. The van der Waals surface area contributed by atoms with Crippen LogP contribution in [0.3, 0.4) is 0 Å². The third-order valence-electron chi connectivity index (χ3n) is 1.78. The first-order chi connectivity index (χ1) is 6.77. The van der Waals surface area contributed by atoms with Crippen molar-refractivity contribution in [1.29, 1.82) is 0 Å². The number of halogens is 2. The topological polar surface area (TPSA) is 47.8 Å². The number of hydrogen-bond donors (Lipinski definition) is 0. The van der Waals surface area contributed by atoms with Gasteiger partial charge in [-0.1, -0.05) is 5.21 Å². The highest BCUT2D eigenvalue weighted by atomic mass is 35.5. The monoisotopic (exact) mass is 243 g/mol. The molecule has 78 valence electrons. The predicted octanol–water partition coefficient (Wildman–Crippen LogP) is 2.07. The Hall–Kier alpha value is -1.39. The normalized spacial score (nSPS) is 9.40. The molecule has 2 aromatic rings. The number of benzene rings is 1. The van der Waals surface area contributed by atoms with Crippen LogP contribution < -0.4 is 0 Å². The molecule has 15 heavy (non-hydrogen) atoms. The Morgan fingerprint density at radius 1 is 1.27 bits per heavy atom. The van der Waals surface area contributed by atoms with Gasteiger partial charge in [-0.25, -0.2) is 4.68 Å². The van der Waals surface area contributed by atoms with Crippen LogP contribution in [-0.4, -0.2) is 20.2 Å². The second kappa shape index (κ2) is 4.91. The lowest BCUT2D eigenvalue weighted by Gasteiger charge is -1.99. The van der Waals surface area contributed by atoms with E-state index in [0.717, 1.165) is 5.69 Å². The van der Waals surface area contributed by atoms with Crippen molar-refractivity contribution in [3.63, 3.8) is 0 Å². The summed E-state index contributed by atoms with van der Waals surface area (Å²) in [7, 11) is 0. The Kier molecular flexibility index (Phi) is 3.82. The van der Waals surface area contributed by atoms with Crippen LogP contribution in [0.4, 0.5) is 0 Å². The van der Waals surface area contributed by atoms with Gasteiger partial charge in [0.05, 0.1) is 18.1 Å². The number of hydrogen-bond acceptors (Lipinski definition) is 3. The second-order valence-electron chi connectivity index (χ2n) is 2.67. The zero-order chi connectivity index (χ0) is 9.97. The highest BCUT2D eigenvalue weighted by molar-refractivity contribution is 6.67. The van der Waals surface area contributed by atoms with Crippen molar-refractivity contribution < 1.29 is 4.79 Å². The lowest BCUT2D eigenvalue weighted by atomic mass is 10.2. The fraction of sp³-hybridized carbons (Fsp3) is 0. The van der Waals surface area contributed by atoms with Crippen molar-refractivity contribution in [2.45, 2.75) is 0 Å². The first kappa shape index (κ1) is 11.7. The van der Waals surface area contributed by atoms with E-state index in [1.165, 1.54) is 0 Å². The van der Waals surface area contributed by atoms with Gasteiger partial charge in [0.1, 0.15) is 0 Å². The van der Waals surface area contributed by atoms with Gasteiger partial charge in [-0.15, -0.1) is 17.5 Å². The average Bonchev–Trinajstić information content (AvgIpc) is 2.71. The van der Waals surface area contributed by atoms with E-state index in [-0.39, 0.29) is 12.4 Å². The molecule has 0 spiro atoms. The van der Waals surface area contributed by atoms with Crippen LogP contribution in [0, 0.1) is 0 Å². The molecule has 6 heteroatoms. The smallest absolute Gasteiger partial charge is 0.252 e. The van der Waals surface area contributed by atoms with Gasteiger partial charge in [0.25, 0.3) is 5.24 Å². The molecule has 0 aliphatic rings. The van der Waals surface area contributed by atoms with E-state index in [1.807, 2.05) is 0 Å². The van der Waals surface area contributed by atoms with Crippen LogP contribution >= 0.6 is 24.0 Å². The van der Waals surface area contributed by atoms with E-state index in [4.69, 9.17) is 11.6 Å². The summed E-state index contributed by atoms with van der Waals surface area (Å²) < 4.78 is 1.60. The van der Waals surface area contributed by atoms with Gasteiger partial charge in [-0.05, 0) is 35.9 Å². The second-order valence-corrected chi connectivity index (χ2v) is 3.01. The van der Waals surface area contributed by atoms with Crippen molar-refractivity contribution in [1.82, 2.24) is 15.0 Å². The Labute approximate surface area is 97.3 Å². The van der Waals surface area contributed by atoms with Crippen molar-refractivity contribution in [3.05, 3.63) is 42.2 Å². The maximum atomic E-state index is 10.8. The average molecular weight is 244 g/mol. The van der Waals surface area contributed by atoms with Gasteiger partial charge in [0.15, 0.2) is 0 Å². The van der Waals surface area contributed by atoms with E-state index < -0.39 is 5.24 Å². The molecule has 0 radical (unpaired) electrons. The minimum atomic E-state index is -0.463. The van der Waals surface area contributed by atoms with Crippen LogP contribution in [0.2, 0.25) is 0 Å². The number of nitrogens with zero attached hydrogens (tertiary/aromatic N) is 3. The zero-order valence-corrected chi connectivity index (χ0v) is 9.07. The molecule has 0 saturated heterocycles. The van der Waals surface area contributed by atoms with Gasteiger partial charge in [-0.3, -0.25) is 4.79 Å². The van der Waals surface area contributed by atoms with Gasteiger partial charge in [0.2, 0.25) is 0 Å². The van der Waals surface area contributed by atoms with E-state index in [1.54, 1.807) is 41.3 Å². The molecule has 1 heterocycles. The van der Waals surface area contributed by atoms with Crippen LogP contribution in [0.1, 0.15) is 10.4 Å². The highest BCUT2D eigenvalue weighted by Gasteiger charge is 2.01. The summed E-state index contributed by atoms with van der Waals surface area (Å²) in [5, 5.41) is 7.02. The molecular weight excluding hydrogens is 237 g/mol. The largest absolute Gasteiger partial charge is 0.276 e. The van der Waals surface area contributed by atoms with Gasteiger partial charge in [0, 0.05) is 5.56 Å². The number of aromatic nitrogens is 3. The quantitative estimate of drug-likeness (QED) is 0.759. The standard InChI is InChI=1S/C9H6ClN3O.ClH/c10-9(14)7-1-3-8(4-2-7)13-6-5-11-12-13;/h1-6H;1H. The molecule has 0 aliphatic heterocycles. The molecule has 1 aromatic carbocycles. The minimum absolute atomic E-state index is 0. The van der Waals surface area contributed by atoms with Crippen molar-refractivity contribution in [2.75, 3.05) is 0 Å². The van der Waals surface area contributed by atoms with Crippen LogP contribution in [0.25, 0.3) is 5.69 Å². The molecule has 1 aromatic heterocycles. The summed E-state index contributed by atoms with van der Waals surface area (Å²) in [6.45, 7) is 0. The molecule has 0 fully saturated rings. The maximum absolute atomic E-state index is 10.8. The Balaban J connectivity index is 0.00000112. The van der Waals surface area contributed by atoms with Crippen molar-refractivity contribution >= 4 is 29.3 Å². The molecule has 0 saturated carbocycles. The Morgan fingerprint density at radius 3 is 2.40 bits per heavy atom. The maximum Gasteiger partial charge on any atom is 0.252 e. The SMILES string of the molecule is Cl.O=C(Cl)c1ccc(-n2ccnn2)cc1. The molecule has 2 rings (SSSR count). The summed E-state index contributed by atoms with van der Waals surface area (Å²) in [4.78, 5) is 10.8. The fourth-order valence-corrected chi connectivity index (χ4v) is 1.22. The fourth-order valence-electron chi connectivity index (χ4n) is 1.09. The summed E-state index contributed by atoms with van der Waals surface area (Å²) in [6, 6.07) is 6.80. The Morgan fingerprint density at radius 2 is 1.93 bits per heavy atom. The number of rotatable bonds is 2. The molecule has 0 atom stereocenters. The van der Waals surface area contributed by atoms with Gasteiger partial charge >= 0.3 is 0 Å². The third-order valence-corrected chi connectivity index (χ3v) is 2.00. The van der Waals surface area contributed by atoms with E-state index in [2.05, 4.69) is 10.3 Å². The van der Waals surface area contributed by atoms with Crippen LogP contribution in [0.5, 0.6) is 0 Å². The number of carbonyl (C=O) groups excluding carboxylic acids is 1. The van der Waals surface area contributed by atoms with Crippen LogP contribution in [0.15, 0.2) is 36.7 Å². The third kappa shape index (κ3) is 2.55. The lowest BCUT2D eigenvalue weighted by molar-refractivity contribution is 0.108. The first-order valence-electron chi connectivity index (χ1n) is 3.94. The van der Waals surface area contributed by atoms with E-state index >= 15 is 0 Å². The van der Waals surface area contributed by atoms with Gasteiger partial charge in [-0.2, -0.15) is 0 Å². The minimum Gasteiger partial charge on any atom is -0.276 e. The molecule has 0 amide bonds. The molecule has 4 nitrogen and oxygen atoms in total. The number of carbonyl (C=O) groups is 1. The van der Waals surface area contributed by atoms with E-state index in [0.29, 0.717) is 5.56 Å². The molecule has 0 N–H and O–H groups in total. The zero-order valence-electron chi connectivity index (χ0n) is 7.50. The lowest BCUT2D eigenvalue weighted by Crippen LogP contribution is -1.96. The summed E-state index contributed by atoms with van der Waals surface area (Å²) in [5.41, 5.74) is 1.31. The Bertz CT molecular complexity index is 439. The first-order valence-corrected chi connectivity index (χ1v) is 4.32. The van der Waals surface area contributed by atoms with E-state index in [9.17, 15) is 4.79 Å². The summed E-state index contributed by atoms with van der Waals surface area (Å²) >= 11 is 5.31. The highest BCUT2D eigenvalue weighted by Crippen LogP contribution is 2.09. The van der Waals surface area contributed by atoms with Crippen molar-refractivity contribution in [2.24, 2.45) is 0 Å². The molecule has 0 aliphatic carbocycles. The van der Waals surface area contributed by atoms with Crippen LogP contribution in [-0.2, 0) is 0 Å². The molecular formula is C9H7Cl2N3O. The summed E-state index contributed by atoms with van der Waals surface area (Å²) in [6.07, 6.45) is 3.30.